The monoisotopic (exact) mass is 563 g/mol. The molecule has 4 aromatic heterocycles. The fourth-order valence-electron chi connectivity index (χ4n) is 5.73. The molecule has 4 heterocycles. The Morgan fingerprint density at radius 2 is 0.977 bits per heavy atom. The fraction of sp³-hybridized carbons (Fsp3) is 0. The third-order valence-corrected chi connectivity index (χ3v) is 7.88. The molecular weight excluding hydrogens is 538 g/mol. The molecule has 5 heteroatoms. The Labute approximate surface area is 254 Å². The molecule has 5 nitrogen and oxygen atoms in total. The SMILES string of the molecule is c1ccc(-c2cc(-c3cccc(-c4nc(-c5ccncc5)cc(-c5ccncc5)n4)c3)c3c(ccc4ccccc43)n2)cc1. The third-order valence-electron chi connectivity index (χ3n) is 7.88. The van der Waals surface area contributed by atoms with E-state index in [4.69, 9.17) is 15.0 Å². The lowest BCUT2D eigenvalue weighted by atomic mass is 9.93. The zero-order valence-corrected chi connectivity index (χ0v) is 23.7. The molecule has 0 bridgehead atoms. The number of fused-ring (bicyclic) bond motifs is 3. The molecule has 0 unspecified atom stereocenters. The standard InChI is InChI=1S/C39H25N5/c1-2-8-27(9-3-1)35-24-33(38-32-12-5-4-7-26(32)13-14-34(38)42-35)30-10-6-11-31(23-30)39-43-36(28-15-19-40-20-16-28)25-37(44-39)29-17-21-41-22-18-29/h1-25H. The van der Waals surface area contributed by atoms with E-state index in [-0.39, 0.29) is 0 Å². The van der Waals surface area contributed by atoms with Crippen LogP contribution in [0.2, 0.25) is 0 Å². The van der Waals surface area contributed by atoms with Crippen molar-refractivity contribution in [2.45, 2.75) is 0 Å². The molecule has 0 atom stereocenters. The van der Waals surface area contributed by atoms with Crippen LogP contribution >= 0.6 is 0 Å². The van der Waals surface area contributed by atoms with Gasteiger partial charge < -0.3 is 0 Å². The highest BCUT2D eigenvalue weighted by atomic mass is 14.9. The number of hydrogen-bond acceptors (Lipinski definition) is 5. The zero-order valence-electron chi connectivity index (χ0n) is 23.7. The Balaban J connectivity index is 1.35. The minimum Gasteiger partial charge on any atom is -0.265 e. The summed E-state index contributed by atoms with van der Waals surface area (Å²) in [6.07, 6.45) is 7.14. The van der Waals surface area contributed by atoms with Gasteiger partial charge in [0.2, 0.25) is 0 Å². The summed E-state index contributed by atoms with van der Waals surface area (Å²) < 4.78 is 0. The van der Waals surface area contributed by atoms with E-state index in [0.717, 1.165) is 61.4 Å². The van der Waals surface area contributed by atoms with Gasteiger partial charge in [-0.25, -0.2) is 15.0 Å². The highest BCUT2D eigenvalue weighted by Crippen LogP contribution is 2.38. The Kier molecular flexibility index (Phi) is 6.39. The van der Waals surface area contributed by atoms with Gasteiger partial charge in [-0.3, -0.25) is 9.97 Å². The Bertz CT molecular complexity index is 2210. The molecule has 0 spiro atoms. The second-order valence-electron chi connectivity index (χ2n) is 10.6. The summed E-state index contributed by atoms with van der Waals surface area (Å²) in [6, 6.07) is 43.7. The number of hydrogen-bond donors (Lipinski definition) is 0. The van der Waals surface area contributed by atoms with Crippen LogP contribution in [0.3, 0.4) is 0 Å². The molecule has 8 rings (SSSR count). The van der Waals surface area contributed by atoms with Gasteiger partial charge in [0, 0.05) is 52.4 Å². The predicted octanol–water partition coefficient (Wildman–Crippen LogP) is 9.30. The fourth-order valence-corrected chi connectivity index (χ4v) is 5.73. The van der Waals surface area contributed by atoms with Crippen molar-refractivity contribution in [3.8, 4) is 56.3 Å². The smallest absolute Gasteiger partial charge is 0.160 e. The molecule has 0 radical (unpaired) electrons. The van der Waals surface area contributed by atoms with Gasteiger partial charge in [-0.1, -0.05) is 78.9 Å². The molecule has 206 valence electrons. The van der Waals surface area contributed by atoms with Gasteiger partial charge in [-0.15, -0.1) is 0 Å². The topological polar surface area (TPSA) is 64.5 Å². The van der Waals surface area contributed by atoms with Gasteiger partial charge in [0.15, 0.2) is 5.82 Å². The lowest BCUT2D eigenvalue weighted by Gasteiger charge is -2.14. The average Bonchev–Trinajstić information content (AvgIpc) is 3.12. The molecule has 0 fully saturated rings. The van der Waals surface area contributed by atoms with Gasteiger partial charge >= 0.3 is 0 Å². The van der Waals surface area contributed by atoms with Crippen molar-refractivity contribution in [2.75, 3.05) is 0 Å². The predicted molar refractivity (Wildman–Crippen MR) is 178 cm³/mol. The first kappa shape index (κ1) is 25.6. The van der Waals surface area contributed by atoms with Crippen LogP contribution in [0.25, 0.3) is 78.0 Å². The molecule has 0 amide bonds. The first-order valence-electron chi connectivity index (χ1n) is 14.5. The molecule has 0 saturated heterocycles. The van der Waals surface area contributed by atoms with Crippen molar-refractivity contribution in [3.05, 3.63) is 152 Å². The molecule has 0 saturated carbocycles. The van der Waals surface area contributed by atoms with Crippen molar-refractivity contribution in [1.82, 2.24) is 24.9 Å². The summed E-state index contributed by atoms with van der Waals surface area (Å²) in [7, 11) is 0. The number of rotatable bonds is 5. The first-order valence-corrected chi connectivity index (χ1v) is 14.5. The average molecular weight is 564 g/mol. The Morgan fingerprint density at radius 1 is 0.386 bits per heavy atom. The van der Waals surface area contributed by atoms with Crippen molar-refractivity contribution in [2.24, 2.45) is 0 Å². The maximum atomic E-state index is 5.12. The van der Waals surface area contributed by atoms with Crippen molar-refractivity contribution >= 4 is 21.7 Å². The number of nitrogens with zero attached hydrogens (tertiary/aromatic N) is 5. The third kappa shape index (κ3) is 4.76. The van der Waals surface area contributed by atoms with Crippen LogP contribution in [-0.4, -0.2) is 24.9 Å². The van der Waals surface area contributed by atoms with Gasteiger partial charge in [0.25, 0.3) is 0 Å². The van der Waals surface area contributed by atoms with Crippen molar-refractivity contribution in [1.29, 1.82) is 0 Å². The van der Waals surface area contributed by atoms with Crippen molar-refractivity contribution in [3.63, 3.8) is 0 Å². The zero-order chi connectivity index (χ0) is 29.3. The molecule has 0 N–H and O–H groups in total. The van der Waals surface area contributed by atoms with Gasteiger partial charge in [-0.05, 0) is 70.4 Å². The molecule has 8 aromatic rings. The summed E-state index contributed by atoms with van der Waals surface area (Å²) in [4.78, 5) is 23.6. The Hall–Kier alpha value is -6.07. The van der Waals surface area contributed by atoms with Crippen LogP contribution in [0.4, 0.5) is 0 Å². The summed E-state index contributed by atoms with van der Waals surface area (Å²) in [5, 5.41) is 3.49. The van der Waals surface area contributed by atoms with Crippen LogP contribution in [0.15, 0.2) is 152 Å². The normalized spacial score (nSPS) is 11.2. The first-order chi connectivity index (χ1) is 21.8. The summed E-state index contributed by atoms with van der Waals surface area (Å²) in [5.74, 6) is 0.652. The van der Waals surface area contributed by atoms with Crippen LogP contribution < -0.4 is 0 Å². The van der Waals surface area contributed by atoms with E-state index in [1.807, 2.05) is 36.4 Å². The number of aromatic nitrogens is 5. The number of pyridine rings is 3. The second-order valence-corrected chi connectivity index (χ2v) is 10.6. The molecular formula is C39H25N5. The number of benzene rings is 4. The molecule has 44 heavy (non-hydrogen) atoms. The van der Waals surface area contributed by atoms with Crippen LogP contribution in [0.5, 0.6) is 0 Å². The van der Waals surface area contributed by atoms with E-state index in [1.165, 1.54) is 10.8 Å². The minimum atomic E-state index is 0.652. The highest BCUT2D eigenvalue weighted by molar-refractivity contribution is 6.14. The molecule has 4 aromatic carbocycles. The quantitative estimate of drug-likeness (QED) is 0.195. The largest absolute Gasteiger partial charge is 0.265 e. The molecule has 0 aliphatic heterocycles. The summed E-state index contributed by atoms with van der Waals surface area (Å²) in [6.45, 7) is 0. The maximum Gasteiger partial charge on any atom is 0.160 e. The minimum absolute atomic E-state index is 0.652. The van der Waals surface area contributed by atoms with Crippen LogP contribution in [-0.2, 0) is 0 Å². The van der Waals surface area contributed by atoms with Gasteiger partial charge in [-0.2, -0.15) is 0 Å². The van der Waals surface area contributed by atoms with E-state index in [9.17, 15) is 0 Å². The van der Waals surface area contributed by atoms with Crippen molar-refractivity contribution < 1.29 is 0 Å². The lowest BCUT2D eigenvalue weighted by Crippen LogP contribution is -1.96. The van der Waals surface area contributed by atoms with Gasteiger partial charge in [0.1, 0.15) is 0 Å². The van der Waals surface area contributed by atoms with Crippen LogP contribution in [0, 0.1) is 0 Å². The Morgan fingerprint density at radius 3 is 1.70 bits per heavy atom. The summed E-state index contributed by atoms with van der Waals surface area (Å²) in [5.41, 5.74) is 9.73. The van der Waals surface area contributed by atoms with E-state index in [2.05, 4.69) is 101 Å². The lowest BCUT2D eigenvalue weighted by molar-refractivity contribution is 1.18. The highest BCUT2D eigenvalue weighted by Gasteiger charge is 2.15. The van der Waals surface area contributed by atoms with E-state index >= 15 is 0 Å². The molecule has 0 aliphatic carbocycles. The van der Waals surface area contributed by atoms with Gasteiger partial charge in [0.05, 0.1) is 22.6 Å². The molecule has 0 aliphatic rings. The maximum absolute atomic E-state index is 5.12. The van der Waals surface area contributed by atoms with E-state index in [0.29, 0.717) is 5.82 Å². The summed E-state index contributed by atoms with van der Waals surface area (Å²) >= 11 is 0. The van der Waals surface area contributed by atoms with Crippen LogP contribution in [0.1, 0.15) is 0 Å². The van der Waals surface area contributed by atoms with E-state index < -0.39 is 0 Å². The second kappa shape index (κ2) is 11.0. The van der Waals surface area contributed by atoms with E-state index in [1.54, 1.807) is 24.8 Å².